The number of carbonyl (C=O) groups is 3. The van der Waals surface area contributed by atoms with Gasteiger partial charge in [-0.1, -0.05) is 46.6 Å². The van der Waals surface area contributed by atoms with Gasteiger partial charge in [-0.25, -0.2) is 4.79 Å². The van der Waals surface area contributed by atoms with Crippen LogP contribution in [0, 0.1) is 0 Å². The van der Waals surface area contributed by atoms with E-state index in [9.17, 15) is 24.6 Å². The van der Waals surface area contributed by atoms with E-state index in [4.69, 9.17) is 0 Å². The predicted molar refractivity (Wildman–Crippen MR) is 112 cm³/mol. The number of carboxylic acid groups (broad SMARTS) is 1. The Balaban J connectivity index is 1.49. The second kappa shape index (κ2) is 8.76. The Morgan fingerprint density at radius 2 is 2.07 bits per heavy atom. The summed E-state index contributed by atoms with van der Waals surface area (Å²) in [4.78, 5) is 38.7. The Labute approximate surface area is 183 Å². The average Bonchev–Trinajstić information content (AvgIpc) is 3.19. The fourth-order valence-corrected chi connectivity index (χ4v) is 6.50. The first kappa shape index (κ1) is 20.8. The molecule has 1 aromatic heterocycles. The summed E-state index contributed by atoms with van der Waals surface area (Å²) in [5, 5.41) is 25.1. The van der Waals surface area contributed by atoms with Crippen LogP contribution in [0.15, 0.2) is 45.1 Å². The lowest BCUT2D eigenvalue weighted by atomic mass is 10.0. The summed E-state index contributed by atoms with van der Waals surface area (Å²) in [5.41, 5.74) is 1.10. The van der Waals surface area contributed by atoms with Crippen molar-refractivity contribution in [2.45, 2.75) is 28.7 Å². The van der Waals surface area contributed by atoms with Crippen LogP contribution in [0.4, 0.5) is 0 Å². The van der Waals surface area contributed by atoms with Gasteiger partial charge < -0.3 is 15.5 Å². The van der Waals surface area contributed by atoms with Crippen LogP contribution >= 0.6 is 35.1 Å². The number of β-lactam (4-membered cyclic amide) rings is 1. The lowest BCUT2D eigenvalue weighted by molar-refractivity contribution is -0.150. The van der Waals surface area contributed by atoms with Crippen molar-refractivity contribution >= 4 is 52.8 Å². The van der Waals surface area contributed by atoms with E-state index in [1.807, 2.05) is 30.3 Å². The second-order valence-corrected chi connectivity index (χ2v) is 9.68. The van der Waals surface area contributed by atoms with Crippen LogP contribution in [0.1, 0.15) is 11.3 Å². The van der Waals surface area contributed by atoms with Crippen LogP contribution in [0.5, 0.6) is 0 Å². The summed E-state index contributed by atoms with van der Waals surface area (Å²) in [6.45, 7) is -0.303. The quantitative estimate of drug-likeness (QED) is 0.515. The van der Waals surface area contributed by atoms with Gasteiger partial charge in [-0.05, 0) is 17.1 Å². The molecule has 2 atom stereocenters. The zero-order valence-corrected chi connectivity index (χ0v) is 17.8. The first-order valence-electron chi connectivity index (χ1n) is 8.84. The fourth-order valence-electron chi connectivity index (χ4n) is 3.16. The number of fused-ring (bicyclic) bond motifs is 1. The first-order chi connectivity index (χ1) is 14.5. The molecule has 0 aliphatic carbocycles. The van der Waals surface area contributed by atoms with Gasteiger partial charge in [-0.15, -0.1) is 16.9 Å². The van der Waals surface area contributed by atoms with Gasteiger partial charge in [0.25, 0.3) is 5.91 Å². The number of aliphatic hydroxyl groups excluding tert-OH is 1. The molecule has 0 saturated carbocycles. The molecule has 0 unspecified atom stereocenters. The minimum Gasteiger partial charge on any atom is -0.477 e. The highest BCUT2D eigenvalue weighted by atomic mass is 32.2. The number of nitrogens with one attached hydrogen (secondary N) is 1. The molecule has 2 aliphatic heterocycles. The van der Waals surface area contributed by atoms with Gasteiger partial charge in [0.1, 0.15) is 27.0 Å². The van der Waals surface area contributed by atoms with Crippen molar-refractivity contribution in [3.05, 3.63) is 52.2 Å². The Hall–Kier alpha value is -2.41. The third kappa shape index (κ3) is 3.95. The molecule has 2 amide bonds. The maximum absolute atomic E-state index is 12.7. The predicted octanol–water partition coefficient (Wildman–Crippen LogP) is 1.06. The molecule has 4 rings (SSSR count). The topological polar surface area (TPSA) is 133 Å². The third-order valence-corrected chi connectivity index (χ3v) is 8.05. The lowest BCUT2D eigenvalue weighted by Crippen LogP contribution is -2.70. The van der Waals surface area contributed by atoms with E-state index in [1.54, 1.807) is 0 Å². The number of carbonyl (C=O) groups excluding carboxylic acids is 2. The summed E-state index contributed by atoms with van der Waals surface area (Å²) in [6, 6.07) is 8.42. The van der Waals surface area contributed by atoms with E-state index in [0.29, 0.717) is 20.6 Å². The minimum absolute atomic E-state index is 0.0976. The summed E-state index contributed by atoms with van der Waals surface area (Å²) in [6.07, 6.45) is 0.146. The highest BCUT2D eigenvalue weighted by molar-refractivity contribution is 8.07. The highest BCUT2D eigenvalue weighted by Gasteiger charge is 2.54. The largest absolute Gasteiger partial charge is 0.477 e. The third-order valence-electron chi connectivity index (χ3n) is 4.55. The van der Waals surface area contributed by atoms with Crippen LogP contribution in [0.25, 0.3) is 0 Å². The van der Waals surface area contributed by atoms with Crippen molar-refractivity contribution in [3.63, 3.8) is 0 Å². The first-order valence-corrected chi connectivity index (χ1v) is 11.5. The van der Waals surface area contributed by atoms with E-state index in [-0.39, 0.29) is 24.6 Å². The monoisotopic (exact) mass is 464 g/mol. The smallest absolute Gasteiger partial charge is 0.353 e. The van der Waals surface area contributed by atoms with Gasteiger partial charge >= 0.3 is 5.97 Å². The zero-order valence-electron chi connectivity index (χ0n) is 15.3. The van der Waals surface area contributed by atoms with Crippen LogP contribution in [-0.4, -0.2) is 59.7 Å². The van der Waals surface area contributed by atoms with Crippen molar-refractivity contribution in [2.75, 3.05) is 5.75 Å². The second-order valence-electron chi connectivity index (χ2n) is 6.46. The number of carboxylic acids is 1. The molecule has 0 radical (unpaired) electrons. The SMILES string of the molecule is O=C(Cc1ccccc1)N[C@@H]1C(=O)N2C(C(=O)O)=C(Sc3snnc3CO)CS[C@@H]12. The van der Waals surface area contributed by atoms with E-state index in [0.717, 1.165) is 28.9 Å². The molecule has 9 nitrogen and oxygen atoms in total. The van der Waals surface area contributed by atoms with Gasteiger partial charge in [-0.2, -0.15) is 0 Å². The molecule has 2 aliphatic rings. The Morgan fingerprint density at radius 3 is 2.77 bits per heavy atom. The van der Waals surface area contributed by atoms with Crippen molar-refractivity contribution in [1.82, 2.24) is 19.8 Å². The molecule has 3 N–H and O–H groups in total. The number of benzene rings is 1. The molecular weight excluding hydrogens is 448 g/mol. The maximum Gasteiger partial charge on any atom is 0.353 e. The van der Waals surface area contributed by atoms with E-state index >= 15 is 0 Å². The Bertz CT molecular complexity index is 1030. The van der Waals surface area contributed by atoms with Gasteiger partial charge in [-0.3, -0.25) is 14.5 Å². The van der Waals surface area contributed by atoms with E-state index in [2.05, 4.69) is 14.9 Å². The number of amides is 2. The van der Waals surface area contributed by atoms with Gasteiger partial charge in [0.05, 0.1) is 13.0 Å². The minimum atomic E-state index is -1.21. The van der Waals surface area contributed by atoms with Crippen molar-refractivity contribution in [1.29, 1.82) is 0 Å². The maximum atomic E-state index is 12.7. The molecule has 1 saturated heterocycles. The molecule has 156 valence electrons. The van der Waals surface area contributed by atoms with Gasteiger partial charge in [0.15, 0.2) is 0 Å². The van der Waals surface area contributed by atoms with Gasteiger partial charge in [0.2, 0.25) is 5.91 Å². The molecule has 30 heavy (non-hydrogen) atoms. The standard InChI is InChI=1S/C18H16N4O5S3/c23-7-10-18(30-21-20-10)29-11-8-28-16-13(15(25)22(16)14(11)17(26)27)19-12(24)6-9-4-2-1-3-5-9/h1-5,13,16,23H,6-8H2,(H,19,24)(H,26,27)/t13-,16+/m1/s1. The van der Waals surface area contributed by atoms with Crippen LogP contribution < -0.4 is 5.32 Å². The molecule has 12 heteroatoms. The van der Waals surface area contributed by atoms with Crippen LogP contribution in [0.3, 0.4) is 0 Å². The number of aliphatic carboxylic acids is 1. The van der Waals surface area contributed by atoms with Crippen molar-refractivity contribution in [2.24, 2.45) is 0 Å². The highest BCUT2D eigenvalue weighted by Crippen LogP contribution is 2.46. The van der Waals surface area contributed by atoms with Crippen molar-refractivity contribution in [3.8, 4) is 0 Å². The molecular formula is C18H16N4O5S3. The number of thioether (sulfide) groups is 2. The van der Waals surface area contributed by atoms with E-state index < -0.39 is 23.3 Å². The average molecular weight is 465 g/mol. The molecule has 2 aromatic rings. The number of aromatic nitrogens is 2. The molecule has 0 spiro atoms. The molecule has 1 aromatic carbocycles. The fraction of sp³-hybridized carbons (Fsp3) is 0.278. The van der Waals surface area contributed by atoms with Crippen LogP contribution in [0.2, 0.25) is 0 Å². The molecule has 0 bridgehead atoms. The van der Waals surface area contributed by atoms with Crippen LogP contribution in [-0.2, 0) is 27.4 Å². The molecule has 1 fully saturated rings. The zero-order chi connectivity index (χ0) is 21.3. The summed E-state index contributed by atoms with van der Waals surface area (Å²) in [7, 11) is 0. The van der Waals surface area contributed by atoms with E-state index in [1.165, 1.54) is 16.7 Å². The lowest BCUT2D eigenvalue weighted by Gasteiger charge is -2.49. The number of nitrogens with zero attached hydrogens (tertiary/aromatic N) is 3. The van der Waals surface area contributed by atoms with Gasteiger partial charge in [0, 0.05) is 10.7 Å². The normalized spacial score (nSPS) is 20.6. The summed E-state index contributed by atoms with van der Waals surface area (Å²) in [5.74, 6) is -1.60. The summed E-state index contributed by atoms with van der Waals surface area (Å²) < 4.78 is 4.37. The summed E-state index contributed by atoms with van der Waals surface area (Å²) >= 11 is 3.59. The number of hydrogen-bond acceptors (Lipinski definition) is 9. The number of hydrogen-bond donors (Lipinski definition) is 3. The Morgan fingerprint density at radius 1 is 1.30 bits per heavy atom. The van der Waals surface area contributed by atoms with Crippen molar-refractivity contribution < 1.29 is 24.6 Å². The molecule has 3 heterocycles. The number of aliphatic hydroxyl groups is 1. The number of rotatable bonds is 7. The Kier molecular flexibility index (Phi) is 6.09.